The summed E-state index contributed by atoms with van der Waals surface area (Å²) in [7, 11) is 1.52. The highest BCUT2D eigenvalue weighted by molar-refractivity contribution is 5.95. The Morgan fingerprint density at radius 3 is 2.71 bits per heavy atom. The molecule has 3 heterocycles. The lowest BCUT2D eigenvalue weighted by Crippen LogP contribution is -2.44. The number of hydrogen-bond donors (Lipinski definition) is 2. The number of carbonyl (C=O) groups excluding carboxylic acids is 1. The van der Waals surface area contributed by atoms with E-state index in [1.807, 2.05) is 18.4 Å². The molecule has 1 aliphatic rings. The molecule has 11 heteroatoms. The number of piperazine rings is 1. The summed E-state index contributed by atoms with van der Waals surface area (Å²) in [6, 6.07) is 5.21. The van der Waals surface area contributed by atoms with E-state index < -0.39 is 0 Å². The van der Waals surface area contributed by atoms with Crippen molar-refractivity contribution < 1.29 is 9.53 Å². The monoisotopic (exact) mass is 464 g/mol. The van der Waals surface area contributed by atoms with Gasteiger partial charge in [-0.15, -0.1) is 0 Å². The Bertz CT molecular complexity index is 1310. The first-order valence-electron chi connectivity index (χ1n) is 11.4. The van der Waals surface area contributed by atoms with Crippen molar-refractivity contribution >= 4 is 22.9 Å². The summed E-state index contributed by atoms with van der Waals surface area (Å²) in [5.41, 5.74) is 1.78. The molecule has 0 atom stereocenters. The van der Waals surface area contributed by atoms with E-state index in [1.165, 1.54) is 17.8 Å². The Hall–Kier alpha value is -3.91. The normalized spacial score (nSPS) is 13.6. The number of aryl methyl sites for hydroxylation is 1. The van der Waals surface area contributed by atoms with Crippen molar-refractivity contribution in [2.45, 2.75) is 26.9 Å². The highest BCUT2D eigenvalue weighted by atomic mass is 16.5. The van der Waals surface area contributed by atoms with E-state index >= 15 is 0 Å². The van der Waals surface area contributed by atoms with Gasteiger partial charge in [-0.05, 0) is 26.0 Å². The van der Waals surface area contributed by atoms with Crippen LogP contribution in [0.2, 0.25) is 0 Å². The number of aromatic nitrogens is 4. The fourth-order valence-electron chi connectivity index (χ4n) is 4.21. The molecule has 34 heavy (non-hydrogen) atoms. The molecule has 11 nitrogen and oxygen atoms in total. The van der Waals surface area contributed by atoms with Crippen LogP contribution in [0.1, 0.15) is 35.3 Å². The number of amides is 1. The molecule has 0 saturated carbocycles. The Kier molecular flexibility index (Phi) is 6.79. The number of anilines is 1. The number of benzene rings is 1. The summed E-state index contributed by atoms with van der Waals surface area (Å²) in [4.78, 5) is 32.5. The lowest BCUT2D eigenvalue weighted by Gasteiger charge is -2.28. The second-order valence-electron chi connectivity index (χ2n) is 7.86. The third kappa shape index (κ3) is 4.20. The van der Waals surface area contributed by atoms with Crippen LogP contribution in [0.25, 0.3) is 11.0 Å². The van der Waals surface area contributed by atoms with Gasteiger partial charge in [-0.25, -0.2) is 9.67 Å². The second-order valence-corrected chi connectivity index (χ2v) is 7.86. The first kappa shape index (κ1) is 23.3. The van der Waals surface area contributed by atoms with Crippen molar-refractivity contribution in [3.63, 3.8) is 0 Å². The molecule has 0 spiro atoms. The number of rotatable bonds is 7. The molecule has 4 rings (SSSR count). The lowest BCUT2D eigenvalue weighted by molar-refractivity contribution is 0.0962. The van der Waals surface area contributed by atoms with Gasteiger partial charge in [-0.3, -0.25) is 9.59 Å². The molecule has 1 fully saturated rings. The smallest absolute Gasteiger partial charge is 0.293 e. The minimum absolute atomic E-state index is 0.0267. The summed E-state index contributed by atoms with van der Waals surface area (Å²) in [6.45, 7) is 8.09. The number of imidazole rings is 1. The molecule has 2 N–H and O–H groups in total. The largest absolute Gasteiger partial charge is 0.493 e. The van der Waals surface area contributed by atoms with Crippen LogP contribution in [0.15, 0.2) is 23.1 Å². The molecule has 0 radical (unpaired) electrons. The number of nitriles is 1. The van der Waals surface area contributed by atoms with E-state index in [0.717, 1.165) is 32.1 Å². The molecular formula is C23H28N8O3. The van der Waals surface area contributed by atoms with Crippen LogP contribution in [-0.2, 0) is 13.1 Å². The number of fused-ring (bicyclic) bond motifs is 1. The summed E-state index contributed by atoms with van der Waals surface area (Å²) >= 11 is 0. The van der Waals surface area contributed by atoms with Gasteiger partial charge in [0.05, 0.1) is 31.0 Å². The van der Waals surface area contributed by atoms with Gasteiger partial charge in [0.2, 0.25) is 5.95 Å². The van der Waals surface area contributed by atoms with Crippen LogP contribution < -0.4 is 25.8 Å². The Morgan fingerprint density at radius 2 is 2.06 bits per heavy atom. The van der Waals surface area contributed by atoms with E-state index in [2.05, 4.69) is 26.7 Å². The van der Waals surface area contributed by atoms with Crippen LogP contribution >= 0.6 is 0 Å². The molecule has 0 aliphatic carbocycles. The van der Waals surface area contributed by atoms with Crippen molar-refractivity contribution in [2.75, 3.05) is 44.7 Å². The fraction of sp³-hybridized carbons (Fsp3) is 0.435. The molecule has 178 valence electrons. The second kappa shape index (κ2) is 9.93. The average Bonchev–Trinajstić information content (AvgIpc) is 3.26. The van der Waals surface area contributed by atoms with Gasteiger partial charge in [0.15, 0.2) is 0 Å². The van der Waals surface area contributed by atoms with Crippen molar-refractivity contribution in [2.24, 2.45) is 0 Å². The van der Waals surface area contributed by atoms with E-state index in [1.54, 1.807) is 12.3 Å². The van der Waals surface area contributed by atoms with Crippen molar-refractivity contribution in [1.82, 2.24) is 30.0 Å². The molecule has 1 aliphatic heterocycles. The standard InChI is InChI=1S/C23H28N8O3/c1-4-30-20-18(28-23(30)29-8-6-26-7-9-29)13-27-31(22(20)33)14-17-16(12-24)10-15(21(32)25-3)11-19(17)34-5-2/h10-11,13,26H,4-9,14H2,1-3H3,(H,25,32). The molecule has 1 saturated heterocycles. The Labute approximate surface area is 196 Å². The molecule has 0 unspecified atom stereocenters. The third-order valence-corrected chi connectivity index (χ3v) is 5.87. The minimum atomic E-state index is -0.326. The highest BCUT2D eigenvalue weighted by Crippen LogP contribution is 2.26. The molecule has 1 aromatic carbocycles. The average molecular weight is 465 g/mol. The van der Waals surface area contributed by atoms with Crippen LogP contribution in [0.3, 0.4) is 0 Å². The quantitative estimate of drug-likeness (QED) is 0.523. The summed E-state index contributed by atoms with van der Waals surface area (Å²) < 4.78 is 8.97. The SMILES string of the molecule is CCOc1cc(C(=O)NC)cc(C#N)c1Cn1ncc2nc(N3CCNCC3)n(CC)c2c1=O. The van der Waals surface area contributed by atoms with Crippen molar-refractivity contribution in [3.05, 3.63) is 45.4 Å². The maximum atomic E-state index is 13.5. The predicted octanol–water partition coefficient (Wildman–Crippen LogP) is 0.701. The van der Waals surface area contributed by atoms with Crippen LogP contribution in [0.4, 0.5) is 5.95 Å². The van der Waals surface area contributed by atoms with E-state index in [9.17, 15) is 14.9 Å². The Morgan fingerprint density at radius 1 is 1.29 bits per heavy atom. The minimum Gasteiger partial charge on any atom is -0.493 e. The van der Waals surface area contributed by atoms with E-state index in [-0.39, 0.29) is 23.6 Å². The maximum absolute atomic E-state index is 13.5. The van der Waals surface area contributed by atoms with Gasteiger partial charge in [0.25, 0.3) is 11.5 Å². The highest BCUT2D eigenvalue weighted by Gasteiger charge is 2.22. The number of nitrogens with zero attached hydrogens (tertiary/aromatic N) is 6. The molecule has 2 aromatic heterocycles. The van der Waals surface area contributed by atoms with Gasteiger partial charge in [0.1, 0.15) is 16.8 Å². The van der Waals surface area contributed by atoms with Gasteiger partial charge in [-0.2, -0.15) is 10.4 Å². The Balaban J connectivity index is 1.81. The summed E-state index contributed by atoms with van der Waals surface area (Å²) in [6.07, 6.45) is 1.58. The summed E-state index contributed by atoms with van der Waals surface area (Å²) in [5, 5.41) is 20.0. The van der Waals surface area contributed by atoms with Crippen molar-refractivity contribution in [1.29, 1.82) is 5.26 Å². The van der Waals surface area contributed by atoms with E-state index in [0.29, 0.717) is 41.1 Å². The number of carbonyl (C=O) groups is 1. The third-order valence-electron chi connectivity index (χ3n) is 5.87. The molecular weight excluding hydrogens is 436 g/mol. The summed E-state index contributed by atoms with van der Waals surface area (Å²) in [5.74, 6) is 0.811. The van der Waals surface area contributed by atoms with Gasteiger partial charge >= 0.3 is 0 Å². The van der Waals surface area contributed by atoms with Gasteiger partial charge in [-0.1, -0.05) is 0 Å². The van der Waals surface area contributed by atoms with Crippen LogP contribution in [0, 0.1) is 11.3 Å². The lowest BCUT2D eigenvalue weighted by atomic mass is 10.0. The number of hydrogen-bond acceptors (Lipinski definition) is 8. The topological polar surface area (TPSA) is 130 Å². The maximum Gasteiger partial charge on any atom is 0.293 e. The number of nitrogens with one attached hydrogen (secondary N) is 2. The first-order valence-corrected chi connectivity index (χ1v) is 11.4. The van der Waals surface area contributed by atoms with Crippen molar-refractivity contribution in [3.8, 4) is 11.8 Å². The van der Waals surface area contributed by atoms with Crippen LogP contribution in [-0.4, -0.2) is 65.1 Å². The number of ether oxygens (including phenoxy) is 1. The molecule has 1 amide bonds. The molecule has 3 aromatic rings. The van der Waals surface area contributed by atoms with Gasteiger partial charge < -0.3 is 24.8 Å². The van der Waals surface area contributed by atoms with Crippen LogP contribution in [0.5, 0.6) is 5.75 Å². The predicted molar refractivity (Wildman–Crippen MR) is 127 cm³/mol. The fourth-order valence-corrected chi connectivity index (χ4v) is 4.21. The first-order chi connectivity index (χ1) is 16.5. The zero-order valence-electron chi connectivity index (χ0n) is 19.6. The zero-order valence-corrected chi connectivity index (χ0v) is 19.6. The zero-order chi connectivity index (χ0) is 24.2. The van der Waals surface area contributed by atoms with E-state index in [4.69, 9.17) is 9.72 Å². The van der Waals surface area contributed by atoms with Gasteiger partial charge in [0, 0.05) is 50.9 Å². The molecule has 0 bridgehead atoms.